The van der Waals surface area contributed by atoms with Crippen molar-refractivity contribution in [1.82, 2.24) is 4.57 Å². The Kier molecular flexibility index (Phi) is 4.02. The summed E-state index contributed by atoms with van der Waals surface area (Å²) in [4.78, 5) is 12.2. The predicted octanol–water partition coefficient (Wildman–Crippen LogP) is 3.94. The van der Waals surface area contributed by atoms with Gasteiger partial charge in [0.25, 0.3) is 0 Å². The van der Waals surface area contributed by atoms with Gasteiger partial charge in [-0.05, 0) is 36.4 Å². The molecule has 2 aromatic carbocycles. The largest absolute Gasteiger partial charge is 0.497 e. The van der Waals surface area contributed by atoms with Crippen molar-refractivity contribution < 1.29 is 9.53 Å². The van der Waals surface area contributed by atoms with E-state index < -0.39 is 0 Å². The molecule has 0 radical (unpaired) electrons. The number of fused-ring (bicyclic) bond motifs is 1. The number of halogens is 1. The SMILES string of the molecule is COc1cccc(NC(=O)Cn2ccc3cc(Cl)ccc32)c1. The first kappa shape index (κ1) is 14.5. The Labute approximate surface area is 133 Å². The second-order valence-corrected chi connectivity index (χ2v) is 5.36. The van der Waals surface area contributed by atoms with Crippen molar-refractivity contribution in [3.05, 3.63) is 59.8 Å². The van der Waals surface area contributed by atoms with Crippen LogP contribution in [0.15, 0.2) is 54.7 Å². The van der Waals surface area contributed by atoms with Crippen molar-refractivity contribution in [1.29, 1.82) is 0 Å². The van der Waals surface area contributed by atoms with Crippen LogP contribution in [0, 0.1) is 0 Å². The number of aromatic nitrogens is 1. The van der Waals surface area contributed by atoms with Crippen molar-refractivity contribution >= 4 is 34.1 Å². The summed E-state index contributed by atoms with van der Waals surface area (Å²) >= 11 is 5.97. The molecule has 1 heterocycles. The maximum Gasteiger partial charge on any atom is 0.244 e. The Morgan fingerprint density at radius 3 is 2.91 bits per heavy atom. The lowest BCUT2D eigenvalue weighted by Gasteiger charge is -2.08. The van der Waals surface area contributed by atoms with Gasteiger partial charge in [-0.25, -0.2) is 0 Å². The summed E-state index contributed by atoms with van der Waals surface area (Å²) in [7, 11) is 1.60. The van der Waals surface area contributed by atoms with Crippen LogP contribution >= 0.6 is 11.6 Å². The molecular weight excluding hydrogens is 300 g/mol. The number of nitrogens with one attached hydrogen (secondary N) is 1. The van der Waals surface area contributed by atoms with Gasteiger partial charge in [0.05, 0.1) is 7.11 Å². The number of nitrogens with zero attached hydrogens (tertiary/aromatic N) is 1. The summed E-state index contributed by atoms with van der Waals surface area (Å²) in [6, 6.07) is 14.8. The van der Waals surface area contributed by atoms with Gasteiger partial charge in [-0.1, -0.05) is 17.7 Å². The van der Waals surface area contributed by atoms with Gasteiger partial charge in [0.1, 0.15) is 12.3 Å². The van der Waals surface area contributed by atoms with E-state index in [0.717, 1.165) is 10.9 Å². The number of anilines is 1. The van der Waals surface area contributed by atoms with Crippen molar-refractivity contribution in [2.24, 2.45) is 0 Å². The molecule has 0 aliphatic carbocycles. The molecule has 5 heteroatoms. The fraction of sp³-hybridized carbons (Fsp3) is 0.118. The third-order valence-corrected chi connectivity index (χ3v) is 3.64. The maximum absolute atomic E-state index is 12.2. The van der Waals surface area contributed by atoms with Crippen molar-refractivity contribution in [3.63, 3.8) is 0 Å². The molecule has 0 fully saturated rings. The van der Waals surface area contributed by atoms with Crippen LogP contribution in [0.25, 0.3) is 10.9 Å². The van der Waals surface area contributed by atoms with E-state index in [9.17, 15) is 4.79 Å². The van der Waals surface area contributed by atoms with Gasteiger partial charge in [0, 0.05) is 33.9 Å². The smallest absolute Gasteiger partial charge is 0.244 e. The van der Waals surface area contributed by atoms with Crippen LogP contribution in [0.4, 0.5) is 5.69 Å². The number of carbonyl (C=O) groups is 1. The average molecular weight is 315 g/mol. The van der Waals surface area contributed by atoms with Crippen LogP contribution in [-0.4, -0.2) is 17.6 Å². The van der Waals surface area contributed by atoms with Gasteiger partial charge in [-0.2, -0.15) is 0 Å². The number of methoxy groups -OCH3 is 1. The molecule has 1 N–H and O–H groups in total. The molecule has 112 valence electrons. The second kappa shape index (κ2) is 6.12. The normalized spacial score (nSPS) is 10.6. The molecule has 1 amide bonds. The van der Waals surface area contributed by atoms with Crippen LogP contribution in [0.1, 0.15) is 0 Å². The fourth-order valence-electron chi connectivity index (χ4n) is 2.36. The van der Waals surface area contributed by atoms with Crippen LogP contribution in [0.3, 0.4) is 0 Å². The summed E-state index contributed by atoms with van der Waals surface area (Å²) in [5.74, 6) is 0.611. The number of carbonyl (C=O) groups excluding carboxylic acids is 1. The number of ether oxygens (including phenoxy) is 1. The lowest BCUT2D eigenvalue weighted by atomic mass is 10.2. The molecule has 0 spiro atoms. The van der Waals surface area contributed by atoms with Crippen LogP contribution in [0.2, 0.25) is 5.02 Å². The molecule has 0 aliphatic rings. The Bertz CT molecular complexity index is 826. The molecule has 4 nitrogen and oxygen atoms in total. The molecule has 0 saturated heterocycles. The van der Waals surface area contributed by atoms with Gasteiger partial charge in [-0.3, -0.25) is 4.79 Å². The Morgan fingerprint density at radius 1 is 1.23 bits per heavy atom. The van der Waals surface area contributed by atoms with Gasteiger partial charge in [0.15, 0.2) is 0 Å². The third-order valence-electron chi connectivity index (χ3n) is 3.40. The van der Waals surface area contributed by atoms with Crippen molar-refractivity contribution in [3.8, 4) is 5.75 Å². The number of hydrogen-bond donors (Lipinski definition) is 1. The highest BCUT2D eigenvalue weighted by molar-refractivity contribution is 6.31. The van der Waals surface area contributed by atoms with Crippen LogP contribution in [0.5, 0.6) is 5.75 Å². The topological polar surface area (TPSA) is 43.3 Å². The minimum atomic E-state index is -0.0966. The Balaban J connectivity index is 1.75. The first-order valence-corrected chi connectivity index (χ1v) is 7.22. The number of hydrogen-bond acceptors (Lipinski definition) is 2. The molecular formula is C17H15ClN2O2. The van der Waals surface area contributed by atoms with Crippen molar-refractivity contribution in [2.75, 3.05) is 12.4 Å². The number of amides is 1. The van der Waals surface area contributed by atoms with Crippen LogP contribution in [-0.2, 0) is 11.3 Å². The molecule has 0 unspecified atom stereocenters. The average Bonchev–Trinajstić information content (AvgIpc) is 2.89. The Hall–Kier alpha value is -2.46. The summed E-state index contributed by atoms with van der Waals surface area (Å²) in [5.41, 5.74) is 1.69. The highest BCUT2D eigenvalue weighted by atomic mass is 35.5. The maximum atomic E-state index is 12.2. The Morgan fingerprint density at radius 2 is 2.09 bits per heavy atom. The summed E-state index contributed by atoms with van der Waals surface area (Å²) in [5, 5.41) is 4.57. The van der Waals surface area contributed by atoms with Crippen molar-refractivity contribution in [2.45, 2.75) is 6.54 Å². The summed E-state index contributed by atoms with van der Waals surface area (Å²) < 4.78 is 7.03. The lowest BCUT2D eigenvalue weighted by molar-refractivity contribution is -0.116. The van der Waals surface area contributed by atoms with E-state index in [2.05, 4.69) is 5.32 Å². The minimum Gasteiger partial charge on any atom is -0.497 e. The predicted molar refractivity (Wildman–Crippen MR) is 88.6 cm³/mol. The van der Waals surface area contributed by atoms with Gasteiger partial charge in [0.2, 0.25) is 5.91 Å². The summed E-state index contributed by atoms with van der Waals surface area (Å²) in [6.45, 7) is 0.238. The van der Waals surface area contributed by atoms with Crippen LogP contribution < -0.4 is 10.1 Å². The first-order chi connectivity index (χ1) is 10.7. The zero-order chi connectivity index (χ0) is 15.5. The van der Waals surface area contributed by atoms with Gasteiger partial charge >= 0.3 is 0 Å². The number of rotatable bonds is 4. The first-order valence-electron chi connectivity index (χ1n) is 6.84. The van der Waals surface area contributed by atoms with Gasteiger partial charge < -0.3 is 14.6 Å². The van der Waals surface area contributed by atoms with E-state index in [1.807, 2.05) is 53.2 Å². The second-order valence-electron chi connectivity index (χ2n) is 4.93. The van der Waals surface area contributed by atoms with Gasteiger partial charge in [-0.15, -0.1) is 0 Å². The zero-order valence-electron chi connectivity index (χ0n) is 12.0. The van der Waals surface area contributed by atoms with E-state index in [-0.39, 0.29) is 12.5 Å². The molecule has 3 rings (SSSR count). The molecule has 1 aromatic heterocycles. The van der Waals surface area contributed by atoms with E-state index in [1.54, 1.807) is 13.2 Å². The molecule has 0 aliphatic heterocycles. The zero-order valence-corrected chi connectivity index (χ0v) is 12.8. The fourth-order valence-corrected chi connectivity index (χ4v) is 2.55. The van der Waals surface area contributed by atoms with E-state index in [1.165, 1.54) is 0 Å². The molecule has 0 atom stereocenters. The molecule has 0 bridgehead atoms. The standard InChI is InChI=1S/C17H15ClN2O2/c1-22-15-4-2-3-14(10-15)19-17(21)11-20-8-7-12-9-13(18)5-6-16(12)20/h2-10H,11H2,1H3,(H,19,21). The quantitative estimate of drug-likeness (QED) is 0.792. The highest BCUT2D eigenvalue weighted by Crippen LogP contribution is 2.21. The minimum absolute atomic E-state index is 0.0966. The molecule has 3 aromatic rings. The number of benzene rings is 2. The molecule has 0 saturated carbocycles. The van der Waals surface area contributed by atoms with E-state index in [4.69, 9.17) is 16.3 Å². The third kappa shape index (κ3) is 3.07. The highest BCUT2D eigenvalue weighted by Gasteiger charge is 2.07. The monoisotopic (exact) mass is 314 g/mol. The van der Waals surface area contributed by atoms with E-state index >= 15 is 0 Å². The summed E-state index contributed by atoms with van der Waals surface area (Å²) in [6.07, 6.45) is 1.88. The molecule has 22 heavy (non-hydrogen) atoms. The lowest BCUT2D eigenvalue weighted by Crippen LogP contribution is -2.18. The van der Waals surface area contributed by atoms with E-state index in [0.29, 0.717) is 16.5 Å².